The maximum Gasteiger partial charge on any atom is 0.187 e. The van der Waals surface area contributed by atoms with Crippen molar-refractivity contribution in [2.24, 2.45) is 5.92 Å². The van der Waals surface area contributed by atoms with Gasteiger partial charge in [-0.25, -0.2) is 0 Å². The van der Waals surface area contributed by atoms with Gasteiger partial charge in [-0.2, -0.15) is 0 Å². The van der Waals surface area contributed by atoms with Crippen molar-refractivity contribution in [2.45, 2.75) is 12.8 Å². The molecule has 0 radical (unpaired) electrons. The van der Waals surface area contributed by atoms with Crippen LogP contribution < -0.4 is 0 Å². The normalized spacial score (nSPS) is 18.8. The second-order valence-corrected chi connectivity index (χ2v) is 3.65. The van der Waals surface area contributed by atoms with Gasteiger partial charge in [0.15, 0.2) is 5.78 Å². The standard InChI is InChI=1S/C8H10N2O2S/c11-8(7-5-13-10-9-7)6-1-3-12-4-2-6/h5-6H,1-4H2. The van der Waals surface area contributed by atoms with Crippen LogP contribution in [0.4, 0.5) is 0 Å². The lowest BCUT2D eigenvalue weighted by atomic mass is 9.94. The predicted octanol–water partition coefficient (Wildman–Crippen LogP) is 1.15. The number of carbonyl (C=O) groups excluding carboxylic acids is 1. The molecule has 0 aromatic carbocycles. The largest absolute Gasteiger partial charge is 0.381 e. The van der Waals surface area contributed by atoms with Gasteiger partial charge in [0.25, 0.3) is 0 Å². The van der Waals surface area contributed by atoms with Gasteiger partial charge in [-0.05, 0) is 24.4 Å². The van der Waals surface area contributed by atoms with E-state index in [9.17, 15) is 4.79 Å². The maximum absolute atomic E-state index is 11.7. The highest BCUT2D eigenvalue weighted by molar-refractivity contribution is 7.03. The van der Waals surface area contributed by atoms with Gasteiger partial charge in [-0.1, -0.05) is 4.49 Å². The number of carbonyl (C=O) groups is 1. The van der Waals surface area contributed by atoms with E-state index in [0.29, 0.717) is 18.9 Å². The lowest BCUT2D eigenvalue weighted by Gasteiger charge is -2.19. The van der Waals surface area contributed by atoms with Gasteiger partial charge in [-0.3, -0.25) is 4.79 Å². The Morgan fingerprint density at radius 1 is 1.54 bits per heavy atom. The first-order chi connectivity index (χ1) is 6.38. The fraction of sp³-hybridized carbons (Fsp3) is 0.625. The molecule has 1 aromatic rings. The summed E-state index contributed by atoms with van der Waals surface area (Å²) in [5.74, 6) is 0.217. The summed E-state index contributed by atoms with van der Waals surface area (Å²) in [6, 6.07) is 0. The fourth-order valence-corrected chi connectivity index (χ4v) is 1.89. The van der Waals surface area contributed by atoms with Gasteiger partial charge in [0.1, 0.15) is 5.69 Å². The van der Waals surface area contributed by atoms with Gasteiger partial charge in [0.2, 0.25) is 0 Å². The summed E-state index contributed by atoms with van der Waals surface area (Å²) in [5, 5.41) is 5.48. The fourth-order valence-electron chi connectivity index (χ4n) is 1.44. The second kappa shape index (κ2) is 3.93. The van der Waals surface area contributed by atoms with Crippen LogP contribution in [-0.4, -0.2) is 28.6 Å². The van der Waals surface area contributed by atoms with Crippen molar-refractivity contribution >= 4 is 17.3 Å². The molecule has 0 saturated carbocycles. The third-order valence-corrected chi connectivity index (χ3v) is 2.71. The zero-order chi connectivity index (χ0) is 9.10. The number of hydrogen-bond donors (Lipinski definition) is 0. The van der Waals surface area contributed by atoms with Gasteiger partial charge in [0, 0.05) is 24.5 Å². The summed E-state index contributed by atoms with van der Waals surface area (Å²) >= 11 is 1.22. The molecule has 0 amide bonds. The quantitative estimate of drug-likeness (QED) is 0.669. The summed E-state index contributed by atoms with van der Waals surface area (Å²) in [5.41, 5.74) is 0.511. The first-order valence-electron chi connectivity index (χ1n) is 4.27. The summed E-state index contributed by atoms with van der Waals surface area (Å²) < 4.78 is 8.86. The predicted molar refractivity (Wildman–Crippen MR) is 47.8 cm³/mol. The Balaban J connectivity index is 2.04. The molecule has 0 spiro atoms. The van der Waals surface area contributed by atoms with Crippen LogP contribution in [0.25, 0.3) is 0 Å². The third-order valence-electron chi connectivity index (χ3n) is 2.20. The van der Waals surface area contributed by atoms with Crippen LogP contribution in [0.3, 0.4) is 0 Å². The summed E-state index contributed by atoms with van der Waals surface area (Å²) in [4.78, 5) is 11.7. The Hall–Kier alpha value is -0.810. The van der Waals surface area contributed by atoms with Gasteiger partial charge in [0.05, 0.1) is 0 Å². The zero-order valence-electron chi connectivity index (χ0n) is 7.10. The minimum Gasteiger partial charge on any atom is -0.381 e. The monoisotopic (exact) mass is 198 g/mol. The molecule has 2 heterocycles. The lowest BCUT2D eigenvalue weighted by Crippen LogP contribution is -2.23. The van der Waals surface area contributed by atoms with Crippen molar-refractivity contribution in [2.75, 3.05) is 13.2 Å². The Bertz CT molecular complexity index is 280. The van der Waals surface area contributed by atoms with Crippen molar-refractivity contribution in [3.63, 3.8) is 0 Å². The highest BCUT2D eigenvalue weighted by Crippen LogP contribution is 2.19. The maximum atomic E-state index is 11.7. The average Bonchev–Trinajstić information content (AvgIpc) is 2.71. The molecule has 70 valence electrons. The molecule has 5 heteroatoms. The molecular weight excluding hydrogens is 188 g/mol. The van der Waals surface area contributed by atoms with E-state index in [1.165, 1.54) is 11.5 Å². The molecule has 0 atom stereocenters. The van der Waals surface area contributed by atoms with Crippen molar-refractivity contribution in [1.82, 2.24) is 9.59 Å². The Labute approximate surface area is 80.1 Å². The lowest BCUT2D eigenvalue weighted by molar-refractivity contribution is 0.0541. The highest BCUT2D eigenvalue weighted by Gasteiger charge is 2.24. The van der Waals surface area contributed by atoms with Crippen LogP contribution in [0.5, 0.6) is 0 Å². The molecule has 2 rings (SSSR count). The van der Waals surface area contributed by atoms with Crippen molar-refractivity contribution in [1.29, 1.82) is 0 Å². The van der Waals surface area contributed by atoms with Crippen LogP contribution in [0, 0.1) is 5.92 Å². The van der Waals surface area contributed by atoms with E-state index in [1.807, 2.05) is 0 Å². The third kappa shape index (κ3) is 1.92. The van der Waals surface area contributed by atoms with E-state index in [-0.39, 0.29) is 11.7 Å². The molecule has 1 fully saturated rings. The molecule has 1 aromatic heterocycles. The molecule has 1 aliphatic heterocycles. The highest BCUT2D eigenvalue weighted by atomic mass is 32.1. The first kappa shape index (κ1) is 8.77. The van der Waals surface area contributed by atoms with Crippen molar-refractivity contribution in [3.8, 4) is 0 Å². The molecule has 0 unspecified atom stereocenters. The summed E-state index contributed by atoms with van der Waals surface area (Å²) in [6.07, 6.45) is 1.63. The minimum absolute atomic E-state index is 0.0950. The summed E-state index contributed by atoms with van der Waals surface area (Å²) in [7, 11) is 0. The van der Waals surface area contributed by atoms with E-state index < -0.39 is 0 Å². The SMILES string of the molecule is O=C(c1csnn1)C1CCOCC1. The van der Waals surface area contributed by atoms with Crippen molar-refractivity contribution < 1.29 is 9.53 Å². The van der Waals surface area contributed by atoms with Gasteiger partial charge < -0.3 is 4.74 Å². The molecule has 0 aliphatic carbocycles. The van der Waals surface area contributed by atoms with Crippen molar-refractivity contribution in [3.05, 3.63) is 11.1 Å². The zero-order valence-corrected chi connectivity index (χ0v) is 7.92. The van der Waals surface area contributed by atoms with Crippen LogP contribution in [-0.2, 0) is 4.74 Å². The number of rotatable bonds is 2. The van der Waals surface area contributed by atoms with Crippen LogP contribution in [0.1, 0.15) is 23.3 Å². The molecule has 4 nitrogen and oxygen atoms in total. The van der Waals surface area contributed by atoms with E-state index in [1.54, 1.807) is 5.38 Å². The average molecular weight is 198 g/mol. The number of ketones is 1. The van der Waals surface area contributed by atoms with E-state index in [2.05, 4.69) is 9.59 Å². The molecule has 0 bridgehead atoms. The van der Waals surface area contributed by atoms with Crippen LogP contribution in [0.2, 0.25) is 0 Å². The summed E-state index contributed by atoms with van der Waals surface area (Å²) in [6.45, 7) is 1.38. The van der Waals surface area contributed by atoms with E-state index in [0.717, 1.165) is 12.8 Å². The number of Topliss-reactive ketones (excluding diaryl/α,β-unsaturated/α-hetero) is 1. The number of ether oxygens (including phenoxy) is 1. The smallest absolute Gasteiger partial charge is 0.187 e. The first-order valence-corrected chi connectivity index (χ1v) is 5.10. The Morgan fingerprint density at radius 3 is 2.92 bits per heavy atom. The number of hydrogen-bond acceptors (Lipinski definition) is 5. The minimum atomic E-state index is 0.0950. The van der Waals surface area contributed by atoms with E-state index >= 15 is 0 Å². The second-order valence-electron chi connectivity index (χ2n) is 3.04. The van der Waals surface area contributed by atoms with Gasteiger partial charge in [-0.15, -0.1) is 5.10 Å². The molecule has 13 heavy (non-hydrogen) atoms. The molecular formula is C8H10N2O2S. The Kier molecular flexibility index (Phi) is 2.65. The number of nitrogens with zero attached hydrogens (tertiary/aromatic N) is 2. The van der Waals surface area contributed by atoms with Crippen LogP contribution in [0.15, 0.2) is 5.38 Å². The Morgan fingerprint density at radius 2 is 2.31 bits per heavy atom. The molecule has 1 saturated heterocycles. The van der Waals surface area contributed by atoms with Crippen LogP contribution >= 0.6 is 11.5 Å². The van der Waals surface area contributed by atoms with E-state index in [4.69, 9.17) is 4.74 Å². The molecule has 1 aliphatic rings. The van der Waals surface area contributed by atoms with Gasteiger partial charge >= 0.3 is 0 Å². The number of aromatic nitrogens is 2. The molecule has 0 N–H and O–H groups in total. The topological polar surface area (TPSA) is 52.1 Å².